The minimum atomic E-state index is -3.57. The van der Waals surface area contributed by atoms with Crippen molar-refractivity contribution in [1.29, 1.82) is 5.41 Å². The minimum Gasteiger partial charge on any atom is -0.505 e. The number of sulfonamides is 1. The summed E-state index contributed by atoms with van der Waals surface area (Å²) in [6.07, 6.45) is 0.949. The SMILES string of the molecule is CS(=O)(=O)Nc1ccc(NN2NN(C(=O)c3c(F)cccc3F)C(=N)C2=C(O)c2c(F)cccc2F)cc1.Cl. The van der Waals surface area contributed by atoms with Gasteiger partial charge in [0.1, 0.15) is 28.8 Å². The molecule has 0 radical (unpaired) electrons. The third-order valence-electron chi connectivity index (χ3n) is 5.10. The molecule has 1 fully saturated rings. The number of amides is 1. The van der Waals surface area contributed by atoms with Crippen molar-refractivity contribution in [3.05, 3.63) is 101 Å². The van der Waals surface area contributed by atoms with Crippen LogP contribution in [0.4, 0.5) is 28.9 Å². The van der Waals surface area contributed by atoms with E-state index < -0.39 is 67.6 Å². The first kappa shape index (κ1) is 29.2. The molecular weight excluding hydrogens is 568 g/mol. The number of nitrogens with zero attached hydrogens (tertiary/aromatic N) is 2. The Bertz CT molecular complexity index is 1550. The van der Waals surface area contributed by atoms with Crippen LogP contribution in [0.3, 0.4) is 0 Å². The van der Waals surface area contributed by atoms with Crippen molar-refractivity contribution >= 4 is 51.3 Å². The molecule has 206 valence electrons. The first-order valence-electron chi connectivity index (χ1n) is 10.5. The van der Waals surface area contributed by atoms with Crippen molar-refractivity contribution in [2.45, 2.75) is 0 Å². The van der Waals surface area contributed by atoms with E-state index in [0.717, 1.165) is 47.8 Å². The minimum absolute atomic E-state index is 0. The van der Waals surface area contributed by atoms with Crippen molar-refractivity contribution in [3.63, 3.8) is 0 Å². The number of benzene rings is 3. The summed E-state index contributed by atoms with van der Waals surface area (Å²) >= 11 is 0. The fourth-order valence-corrected chi connectivity index (χ4v) is 4.03. The number of halogens is 5. The molecule has 39 heavy (non-hydrogen) atoms. The predicted octanol–water partition coefficient (Wildman–Crippen LogP) is 4.14. The van der Waals surface area contributed by atoms with Crippen molar-refractivity contribution in [2.75, 3.05) is 16.4 Å². The highest BCUT2D eigenvalue weighted by Gasteiger charge is 2.40. The number of aliphatic hydroxyl groups excluding tert-OH is 1. The summed E-state index contributed by atoms with van der Waals surface area (Å²) in [7, 11) is -3.57. The van der Waals surface area contributed by atoms with E-state index in [-0.39, 0.29) is 23.8 Å². The lowest BCUT2D eigenvalue weighted by Crippen LogP contribution is -2.46. The molecular formula is C23H19ClF4N6O4S. The Kier molecular flexibility index (Phi) is 8.38. The second-order valence-corrected chi connectivity index (χ2v) is 9.63. The molecule has 3 aromatic rings. The Morgan fingerprint density at radius 3 is 1.82 bits per heavy atom. The predicted molar refractivity (Wildman–Crippen MR) is 137 cm³/mol. The normalized spacial score (nSPS) is 14.6. The van der Waals surface area contributed by atoms with Gasteiger partial charge in [0.15, 0.2) is 17.3 Å². The van der Waals surface area contributed by atoms with Gasteiger partial charge in [-0.15, -0.1) is 17.9 Å². The van der Waals surface area contributed by atoms with Gasteiger partial charge in [-0.25, -0.2) is 31.0 Å². The number of hydrazine groups is 3. The number of hydrogen-bond donors (Lipinski definition) is 5. The summed E-state index contributed by atoms with van der Waals surface area (Å²) in [5, 5.41) is 20.3. The highest BCUT2D eigenvalue weighted by molar-refractivity contribution is 7.92. The lowest BCUT2D eigenvalue weighted by Gasteiger charge is -2.22. The molecule has 1 aliphatic rings. The van der Waals surface area contributed by atoms with Gasteiger partial charge in [-0.2, -0.15) is 5.12 Å². The van der Waals surface area contributed by atoms with E-state index in [2.05, 4.69) is 15.7 Å². The average molecular weight is 587 g/mol. The molecule has 3 aromatic carbocycles. The fraction of sp³-hybridized carbons (Fsp3) is 0.0435. The summed E-state index contributed by atoms with van der Waals surface area (Å²) in [5.41, 5.74) is 2.66. The van der Waals surface area contributed by atoms with Crippen LogP contribution in [0.1, 0.15) is 15.9 Å². The number of aliphatic hydroxyl groups is 1. The first-order chi connectivity index (χ1) is 17.9. The largest absolute Gasteiger partial charge is 0.505 e. The van der Waals surface area contributed by atoms with Crippen molar-refractivity contribution in [2.24, 2.45) is 0 Å². The fourth-order valence-electron chi connectivity index (χ4n) is 3.47. The van der Waals surface area contributed by atoms with Gasteiger partial charge in [0.2, 0.25) is 10.0 Å². The van der Waals surface area contributed by atoms with Gasteiger partial charge >= 0.3 is 0 Å². The van der Waals surface area contributed by atoms with E-state index >= 15 is 0 Å². The average Bonchev–Trinajstić information content (AvgIpc) is 3.14. The highest BCUT2D eigenvalue weighted by atomic mass is 35.5. The molecule has 0 unspecified atom stereocenters. The maximum atomic E-state index is 14.4. The Morgan fingerprint density at radius 2 is 1.33 bits per heavy atom. The van der Waals surface area contributed by atoms with Crippen molar-refractivity contribution in [1.82, 2.24) is 15.7 Å². The van der Waals surface area contributed by atoms with Crippen LogP contribution >= 0.6 is 12.4 Å². The quantitative estimate of drug-likeness (QED) is 0.216. The van der Waals surface area contributed by atoms with Crippen molar-refractivity contribution in [3.8, 4) is 0 Å². The maximum Gasteiger partial charge on any atom is 0.281 e. The molecule has 0 spiro atoms. The zero-order chi connectivity index (χ0) is 27.8. The second-order valence-electron chi connectivity index (χ2n) is 7.88. The standard InChI is InChI=1S/C23H18F4N6O4S.ClH/c1-38(36,37)30-13-10-8-12(9-11-13)29-33-20(21(34)18-14(24)4-2-5-15(18)25)22(28)32(31-33)23(35)19-16(26)6-3-7-17(19)27;/h2-11,28-31,34H,1H3;1H. The van der Waals surface area contributed by atoms with Gasteiger partial charge in [0.25, 0.3) is 5.91 Å². The van der Waals surface area contributed by atoms with Crippen LogP contribution in [0.25, 0.3) is 5.76 Å². The molecule has 16 heteroatoms. The van der Waals surface area contributed by atoms with E-state index in [1.165, 1.54) is 24.3 Å². The molecule has 4 rings (SSSR count). The maximum absolute atomic E-state index is 14.4. The third kappa shape index (κ3) is 6.05. The molecule has 0 aliphatic carbocycles. The smallest absolute Gasteiger partial charge is 0.281 e. The van der Waals surface area contributed by atoms with E-state index in [1.807, 2.05) is 0 Å². The molecule has 1 aliphatic heterocycles. The summed E-state index contributed by atoms with van der Waals surface area (Å²) in [6.45, 7) is 0. The second kappa shape index (κ2) is 11.2. The summed E-state index contributed by atoms with van der Waals surface area (Å²) in [4.78, 5) is 13.0. The Labute approximate surface area is 225 Å². The number of carbonyl (C=O) groups is 1. The summed E-state index contributed by atoms with van der Waals surface area (Å²) in [5.74, 6) is -8.28. The van der Waals surface area contributed by atoms with Gasteiger partial charge in [-0.05, 0) is 48.5 Å². The van der Waals surface area contributed by atoms with Gasteiger partial charge in [0.05, 0.1) is 17.5 Å². The number of carbonyl (C=O) groups excluding carboxylic acids is 1. The molecule has 0 bridgehead atoms. The number of rotatable bonds is 6. The van der Waals surface area contributed by atoms with Crippen molar-refractivity contribution < 1.29 is 35.9 Å². The highest BCUT2D eigenvalue weighted by Crippen LogP contribution is 2.29. The first-order valence-corrected chi connectivity index (χ1v) is 12.4. The van der Waals surface area contributed by atoms with E-state index in [1.54, 1.807) is 0 Å². The van der Waals surface area contributed by atoms with E-state index in [0.29, 0.717) is 5.01 Å². The topological polar surface area (TPSA) is 138 Å². The molecule has 1 heterocycles. The molecule has 0 atom stereocenters. The van der Waals surface area contributed by atoms with Crippen LogP contribution in [-0.4, -0.2) is 41.6 Å². The zero-order valence-electron chi connectivity index (χ0n) is 19.7. The molecule has 5 N–H and O–H groups in total. The van der Waals surface area contributed by atoms with E-state index in [9.17, 15) is 35.9 Å². The number of amidine groups is 1. The molecule has 0 aromatic heterocycles. The number of hydrogen-bond acceptors (Lipinski definition) is 8. The van der Waals surface area contributed by atoms with Gasteiger partial charge < -0.3 is 5.11 Å². The van der Waals surface area contributed by atoms with Gasteiger partial charge in [-0.3, -0.25) is 20.4 Å². The Balaban J connectivity index is 0.00000420. The molecule has 10 nitrogen and oxygen atoms in total. The zero-order valence-corrected chi connectivity index (χ0v) is 21.3. The summed E-state index contributed by atoms with van der Waals surface area (Å²) < 4.78 is 82.5. The van der Waals surface area contributed by atoms with Crippen LogP contribution in [-0.2, 0) is 10.0 Å². The number of nitrogens with one attached hydrogen (secondary N) is 4. The van der Waals surface area contributed by atoms with Gasteiger partial charge in [-0.1, -0.05) is 12.1 Å². The monoisotopic (exact) mass is 586 g/mol. The lowest BCUT2D eigenvalue weighted by molar-refractivity contribution is 0.0705. The van der Waals surface area contributed by atoms with Crippen LogP contribution in [0.5, 0.6) is 0 Å². The van der Waals surface area contributed by atoms with E-state index in [4.69, 9.17) is 5.41 Å². The van der Waals surface area contributed by atoms with Crippen LogP contribution in [0.2, 0.25) is 0 Å². The van der Waals surface area contributed by atoms with Gasteiger partial charge in [0, 0.05) is 5.69 Å². The third-order valence-corrected chi connectivity index (χ3v) is 5.71. The molecule has 0 saturated carbocycles. The Morgan fingerprint density at radius 1 is 0.872 bits per heavy atom. The summed E-state index contributed by atoms with van der Waals surface area (Å²) in [6, 6.07) is 10.8. The molecule has 1 amide bonds. The van der Waals surface area contributed by atoms with Crippen LogP contribution < -0.4 is 15.7 Å². The Hall–Kier alpha value is -4.34. The van der Waals surface area contributed by atoms with Crippen LogP contribution in [0, 0.1) is 28.7 Å². The lowest BCUT2D eigenvalue weighted by atomic mass is 10.1. The van der Waals surface area contributed by atoms with Crippen LogP contribution in [0.15, 0.2) is 66.4 Å². The molecule has 1 saturated heterocycles. The number of anilines is 2.